The highest BCUT2D eigenvalue weighted by Gasteiger charge is 2.08. The Hall–Kier alpha value is -2.99. The van der Waals surface area contributed by atoms with E-state index in [4.69, 9.17) is 21.1 Å². The van der Waals surface area contributed by atoms with Crippen LogP contribution in [0.1, 0.15) is 5.69 Å². The van der Waals surface area contributed by atoms with Crippen molar-refractivity contribution in [3.8, 4) is 11.5 Å². The molecule has 0 atom stereocenters. The summed E-state index contributed by atoms with van der Waals surface area (Å²) in [5.41, 5.74) is 2.39. The molecule has 0 aliphatic heterocycles. The number of hydrogen-bond acceptors (Lipinski definition) is 6. The molecule has 0 amide bonds. The fourth-order valence-corrected chi connectivity index (χ4v) is 2.62. The number of ether oxygens (including phenoxy) is 2. The van der Waals surface area contributed by atoms with Crippen molar-refractivity contribution in [3.63, 3.8) is 0 Å². The topological polar surface area (TPSA) is 68.3 Å². The van der Waals surface area contributed by atoms with Crippen LogP contribution in [0.3, 0.4) is 0 Å². The van der Waals surface area contributed by atoms with Gasteiger partial charge in [-0.15, -0.1) is 0 Å². The van der Waals surface area contributed by atoms with Gasteiger partial charge in [-0.3, -0.25) is 0 Å². The summed E-state index contributed by atoms with van der Waals surface area (Å²) < 4.78 is 10.6. The molecule has 26 heavy (non-hydrogen) atoms. The zero-order chi connectivity index (χ0) is 18.5. The van der Waals surface area contributed by atoms with E-state index in [1.54, 1.807) is 14.2 Å². The van der Waals surface area contributed by atoms with E-state index in [1.807, 2.05) is 55.5 Å². The molecule has 0 fully saturated rings. The van der Waals surface area contributed by atoms with E-state index in [-0.39, 0.29) is 0 Å². The number of nitrogens with one attached hydrogen (secondary N) is 2. The van der Waals surface area contributed by atoms with E-state index >= 15 is 0 Å². The van der Waals surface area contributed by atoms with Crippen LogP contribution >= 0.6 is 11.6 Å². The Labute approximate surface area is 157 Å². The van der Waals surface area contributed by atoms with Crippen LogP contribution in [0.2, 0.25) is 5.02 Å². The molecule has 134 valence electrons. The van der Waals surface area contributed by atoms with Crippen LogP contribution in [0, 0.1) is 6.92 Å². The second-order valence-electron chi connectivity index (χ2n) is 5.52. The predicted molar refractivity (Wildman–Crippen MR) is 104 cm³/mol. The number of aryl methyl sites for hydroxylation is 1. The summed E-state index contributed by atoms with van der Waals surface area (Å²) in [6, 6.07) is 14.9. The van der Waals surface area contributed by atoms with Gasteiger partial charge in [-0.1, -0.05) is 23.7 Å². The first-order valence-corrected chi connectivity index (χ1v) is 8.33. The fraction of sp³-hybridized carbons (Fsp3) is 0.158. The Kier molecular flexibility index (Phi) is 5.43. The lowest BCUT2D eigenvalue weighted by molar-refractivity contribution is 0.355. The number of halogens is 1. The minimum atomic E-state index is 0.459. The number of nitrogens with zero attached hydrogens (tertiary/aromatic N) is 2. The summed E-state index contributed by atoms with van der Waals surface area (Å²) in [4.78, 5) is 8.91. The smallest absolute Gasteiger partial charge is 0.229 e. The Morgan fingerprint density at radius 2 is 1.65 bits per heavy atom. The lowest BCUT2D eigenvalue weighted by Crippen LogP contribution is -2.03. The maximum atomic E-state index is 6.19. The number of para-hydroxylation sites is 1. The second kappa shape index (κ2) is 7.93. The van der Waals surface area contributed by atoms with Crippen LogP contribution in [0.4, 0.5) is 23.1 Å². The van der Waals surface area contributed by atoms with Gasteiger partial charge >= 0.3 is 0 Å². The molecule has 3 aromatic rings. The number of anilines is 4. The molecule has 3 rings (SSSR count). The fourth-order valence-electron chi connectivity index (χ4n) is 2.43. The number of methoxy groups -OCH3 is 2. The van der Waals surface area contributed by atoms with E-state index in [0.717, 1.165) is 17.1 Å². The van der Waals surface area contributed by atoms with Gasteiger partial charge in [0.1, 0.15) is 5.82 Å². The summed E-state index contributed by atoms with van der Waals surface area (Å²) in [7, 11) is 3.20. The molecule has 0 bridgehead atoms. The average Bonchev–Trinajstić information content (AvgIpc) is 2.63. The molecule has 0 saturated carbocycles. The highest BCUT2D eigenvalue weighted by molar-refractivity contribution is 6.33. The maximum absolute atomic E-state index is 6.19. The molecule has 0 radical (unpaired) electrons. The molecule has 2 aromatic carbocycles. The van der Waals surface area contributed by atoms with Gasteiger partial charge < -0.3 is 20.1 Å². The predicted octanol–water partition coefficient (Wildman–Crippen LogP) is 4.94. The molecule has 1 aromatic heterocycles. The molecular weight excluding hydrogens is 352 g/mol. The Morgan fingerprint density at radius 3 is 2.38 bits per heavy atom. The van der Waals surface area contributed by atoms with Crippen LogP contribution in [0.15, 0.2) is 48.5 Å². The third-order valence-electron chi connectivity index (χ3n) is 3.63. The highest BCUT2D eigenvalue weighted by Crippen LogP contribution is 2.31. The summed E-state index contributed by atoms with van der Waals surface area (Å²) in [5.74, 6) is 2.41. The van der Waals surface area contributed by atoms with Gasteiger partial charge in [0.15, 0.2) is 11.5 Å². The van der Waals surface area contributed by atoms with E-state index < -0.39 is 0 Å². The second-order valence-corrected chi connectivity index (χ2v) is 5.92. The number of aromatic nitrogens is 2. The minimum absolute atomic E-state index is 0.459. The molecule has 0 unspecified atom stereocenters. The van der Waals surface area contributed by atoms with Gasteiger partial charge in [-0.05, 0) is 31.2 Å². The monoisotopic (exact) mass is 370 g/mol. The zero-order valence-corrected chi connectivity index (χ0v) is 15.5. The first kappa shape index (κ1) is 17.8. The van der Waals surface area contributed by atoms with Crippen molar-refractivity contribution in [3.05, 3.63) is 59.2 Å². The van der Waals surface area contributed by atoms with Crippen LogP contribution in [-0.4, -0.2) is 24.2 Å². The van der Waals surface area contributed by atoms with Crippen molar-refractivity contribution < 1.29 is 9.47 Å². The van der Waals surface area contributed by atoms with Crippen LogP contribution < -0.4 is 20.1 Å². The quantitative estimate of drug-likeness (QED) is 0.640. The van der Waals surface area contributed by atoms with Crippen molar-refractivity contribution in [2.24, 2.45) is 0 Å². The first-order chi connectivity index (χ1) is 12.6. The minimum Gasteiger partial charge on any atom is -0.493 e. The van der Waals surface area contributed by atoms with Gasteiger partial charge in [-0.2, -0.15) is 4.98 Å². The standard InChI is InChI=1S/C19H19ClN4O2/c1-12-10-18(22-13-8-9-16(25-2)17(11-13)26-3)24-19(21-12)23-15-7-5-4-6-14(15)20/h4-11H,1-3H3,(H2,21,22,23,24). The van der Waals surface area contributed by atoms with Gasteiger partial charge in [0.25, 0.3) is 0 Å². The summed E-state index contributed by atoms with van der Waals surface area (Å²) >= 11 is 6.19. The van der Waals surface area contributed by atoms with Gasteiger partial charge in [-0.25, -0.2) is 4.98 Å². The Balaban J connectivity index is 1.85. The Bertz CT molecular complexity index is 918. The summed E-state index contributed by atoms with van der Waals surface area (Å²) in [6.45, 7) is 1.90. The van der Waals surface area contributed by atoms with E-state index in [9.17, 15) is 0 Å². The molecule has 0 aliphatic carbocycles. The van der Waals surface area contributed by atoms with Crippen molar-refractivity contribution in [1.82, 2.24) is 9.97 Å². The van der Waals surface area contributed by atoms with Crippen molar-refractivity contribution in [2.75, 3.05) is 24.9 Å². The lowest BCUT2D eigenvalue weighted by atomic mass is 10.2. The lowest BCUT2D eigenvalue weighted by Gasteiger charge is -2.13. The normalized spacial score (nSPS) is 10.3. The van der Waals surface area contributed by atoms with Crippen LogP contribution in [0.5, 0.6) is 11.5 Å². The summed E-state index contributed by atoms with van der Waals surface area (Å²) in [5, 5.41) is 7.00. The SMILES string of the molecule is COc1ccc(Nc2cc(C)nc(Nc3ccccc3Cl)n2)cc1OC. The number of benzene rings is 2. The van der Waals surface area contributed by atoms with Gasteiger partial charge in [0.2, 0.25) is 5.95 Å². The van der Waals surface area contributed by atoms with Crippen molar-refractivity contribution in [1.29, 1.82) is 0 Å². The number of hydrogen-bond donors (Lipinski definition) is 2. The van der Waals surface area contributed by atoms with Gasteiger partial charge in [0.05, 0.1) is 24.9 Å². The third kappa shape index (κ3) is 4.15. The molecule has 1 heterocycles. The van der Waals surface area contributed by atoms with Crippen LogP contribution in [0.25, 0.3) is 0 Å². The maximum Gasteiger partial charge on any atom is 0.229 e. The summed E-state index contributed by atoms with van der Waals surface area (Å²) in [6.07, 6.45) is 0. The number of rotatable bonds is 6. The molecule has 6 nitrogen and oxygen atoms in total. The average molecular weight is 371 g/mol. The Morgan fingerprint density at radius 1 is 0.885 bits per heavy atom. The molecule has 7 heteroatoms. The van der Waals surface area contributed by atoms with Crippen molar-refractivity contribution in [2.45, 2.75) is 6.92 Å². The molecule has 0 spiro atoms. The first-order valence-electron chi connectivity index (χ1n) is 7.95. The van der Waals surface area contributed by atoms with Crippen molar-refractivity contribution >= 4 is 34.7 Å². The molecular formula is C19H19ClN4O2. The third-order valence-corrected chi connectivity index (χ3v) is 3.96. The zero-order valence-electron chi connectivity index (χ0n) is 14.7. The molecule has 0 saturated heterocycles. The van der Waals surface area contributed by atoms with E-state index in [2.05, 4.69) is 20.6 Å². The van der Waals surface area contributed by atoms with Crippen LogP contribution in [-0.2, 0) is 0 Å². The van der Waals surface area contributed by atoms with E-state index in [1.165, 1.54) is 0 Å². The molecule has 2 N–H and O–H groups in total. The highest BCUT2D eigenvalue weighted by atomic mass is 35.5. The molecule has 0 aliphatic rings. The van der Waals surface area contributed by atoms with Gasteiger partial charge in [0, 0.05) is 23.5 Å². The largest absolute Gasteiger partial charge is 0.493 e. The van der Waals surface area contributed by atoms with E-state index in [0.29, 0.717) is 28.3 Å².